The molecule has 1 aromatic carbocycles. The number of rotatable bonds is 12. The van der Waals surface area contributed by atoms with E-state index >= 15 is 0 Å². The van der Waals surface area contributed by atoms with Gasteiger partial charge in [0.15, 0.2) is 0 Å². The molecule has 0 aliphatic heterocycles. The third kappa shape index (κ3) is 10.9. The SMILES string of the molecule is CC(C)(C)OC(=O)NC(CCC(N)=O)COc1cccc(CCCCC(=O)O)c1Cl. The minimum Gasteiger partial charge on any atom is -0.490 e. The predicted octanol–water partition coefficient (Wildman–Crippen LogP) is 3.68. The van der Waals surface area contributed by atoms with Crippen LogP contribution in [0.15, 0.2) is 18.2 Å². The van der Waals surface area contributed by atoms with Gasteiger partial charge in [-0.1, -0.05) is 23.7 Å². The average Bonchev–Trinajstić information content (AvgIpc) is 2.61. The van der Waals surface area contributed by atoms with Crippen molar-refractivity contribution in [3.63, 3.8) is 0 Å². The number of aliphatic carboxylic acids is 1. The third-order valence-corrected chi connectivity index (χ3v) is 4.46. The van der Waals surface area contributed by atoms with Gasteiger partial charge in [0, 0.05) is 12.8 Å². The molecule has 0 saturated heterocycles. The normalized spacial score (nSPS) is 12.1. The number of nitrogens with two attached hydrogens (primary N) is 1. The number of carboxylic acids is 1. The number of hydrogen-bond donors (Lipinski definition) is 3. The molecule has 4 N–H and O–H groups in total. The molecule has 1 rings (SSSR count). The highest BCUT2D eigenvalue weighted by atomic mass is 35.5. The van der Waals surface area contributed by atoms with Crippen LogP contribution >= 0.6 is 11.6 Å². The Morgan fingerprint density at radius 1 is 1.20 bits per heavy atom. The summed E-state index contributed by atoms with van der Waals surface area (Å²) in [5.41, 5.74) is 5.42. The molecule has 2 amide bonds. The molecule has 168 valence electrons. The first-order valence-corrected chi connectivity index (χ1v) is 10.3. The van der Waals surface area contributed by atoms with Gasteiger partial charge in [0.1, 0.15) is 18.0 Å². The van der Waals surface area contributed by atoms with Gasteiger partial charge in [0.05, 0.1) is 11.1 Å². The number of amides is 2. The van der Waals surface area contributed by atoms with Gasteiger partial charge < -0.3 is 25.6 Å². The molecule has 0 radical (unpaired) electrons. The number of aryl methyl sites for hydroxylation is 1. The lowest BCUT2D eigenvalue weighted by molar-refractivity contribution is -0.137. The van der Waals surface area contributed by atoms with E-state index in [-0.39, 0.29) is 19.4 Å². The molecule has 0 aliphatic rings. The summed E-state index contributed by atoms with van der Waals surface area (Å²) in [5.74, 6) is -0.854. The summed E-state index contributed by atoms with van der Waals surface area (Å²) in [6.07, 6.45) is 1.76. The van der Waals surface area contributed by atoms with Crippen molar-refractivity contribution in [1.82, 2.24) is 5.32 Å². The molecule has 9 heteroatoms. The van der Waals surface area contributed by atoms with Gasteiger partial charge in [-0.2, -0.15) is 0 Å². The Hall–Kier alpha value is -2.48. The number of carbonyl (C=O) groups is 3. The van der Waals surface area contributed by atoms with Crippen molar-refractivity contribution in [2.24, 2.45) is 5.73 Å². The molecule has 0 bridgehead atoms. The Kier molecular flexibility index (Phi) is 10.5. The molecule has 30 heavy (non-hydrogen) atoms. The Balaban J connectivity index is 2.72. The summed E-state index contributed by atoms with van der Waals surface area (Å²) < 4.78 is 11.1. The molecule has 0 saturated carbocycles. The molecule has 0 spiro atoms. The molecule has 1 atom stereocenters. The minimum atomic E-state index is -0.822. The fraction of sp³-hybridized carbons (Fsp3) is 0.571. The largest absolute Gasteiger partial charge is 0.490 e. The summed E-state index contributed by atoms with van der Waals surface area (Å²) in [6.45, 7) is 5.34. The Bertz CT molecular complexity index is 733. The second-order valence-corrected chi connectivity index (χ2v) is 8.37. The van der Waals surface area contributed by atoms with Crippen molar-refractivity contribution in [2.75, 3.05) is 6.61 Å². The van der Waals surface area contributed by atoms with Crippen LogP contribution in [0.25, 0.3) is 0 Å². The van der Waals surface area contributed by atoms with Crippen LogP contribution < -0.4 is 15.8 Å². The van der Waals surface area contributed by atoms with Crippen molar-refractivity contribution in [3.8, 4) is 5.75 Å². The Labute approximate surface area is 182 Å². The number of halogens is 1. The van der Waals surface area contributed by atoms with E-state index in [4.69, 9.17) is 31.9 Å². The number of benzene rings is 1. The fourth-order valence-corrected chi connectivity index (χ4v) is 2.91. The number of carboxylic acid groups (broad SMARTS) is 1. The number of primary amides is 1. The van der Waals surface area contributed by atoms with Crippen LogP contribution in [0.3, 0.4) is 0 Å². The van der Waals surface area contributed by atoms with Crippen LogP contribution in [0.1, 0.15) is 58.4 Å². The monoisotopic (exact) mass is 442 g/mol. The van der Waals surface area contributed by atoms with Gasteiger partial charge in [-0.05, 0) is 58.1 Å². The first kappa shape index (κ1) is 25.6. The lowest BCUT2D eigenvalue weighted by Crippen LogP contribution is -2.42. The number of carbonyl (C=O) groups excluding carboxylic acids is 2. The molecular formula is C21H31ClN2O6. The van der Waals surface area contributed by atoms with Gasteiger partial charge in [-0.15, -0.1) is 0 Å². The first-order chi connectivity index (χ1) is 14.0. The molecule has 0 heterocycles. The zero-order valence-corrected chi connectivity index (χ0v) is 18.5. The standard InChI is InChI=1S/C21H31ClN2O6/c1-21(2,3)30-20(28)24-15(11-12-17(23)25)13-29-16-9-6-8-14(19(16)22)7-4-5-10-18(26)27/h6,8-9,15H,4-5,7,10-13H2,1-3H3,(H2,23,25)(H,24,28)(H,26,27). The summed E-state index contributed by atoms with van der Waals surface area (Å²) in [4.78, 5) is 33.8. The molecule has 1 unspecified atom stereocenters. The predicted molar refractivity (Wildman–Crippen MR) is 114 cm³/mol. The zero-order valence-electron chi connectivity index (χ0n) is 17.7. The lowest BCUT2D eigenvalue weighted by atomic mass is 10.1. The van der Waals surface area contributed by atoms with Crippen LogP contribution in [0.2, 0.25) is 5.02 Å². The number of ether oxygens (including phenoxy) is 2. The molecule has 8 nitrogen and oxygen atoms in total. The smallest absolute Gasteiger partial charge is 0.407 e. The van der Waals surface area contributed by atoms with Gasteiger partial charge in [-0.3, -0.25) is 9.59 Å². The van der Waals surface area contributed by atoms with E-state index < -0.39 is 29.6 Å². The maximum Gasteiger partial charge on any atom is 0.407 e. The highest BCUT2D eigenvalue weighted by Crippen LogP contribution is 2.29. The number of unbranched alkanes of at least 4 members (excludes halogenated alkanes) is 1. The number of alkyl carbamates (subject to hydrolysis) is 1. The molecule has 0 aliphatic carbocycles. The van der Waals surface area contributed by atoms with E-state index in [2.05, 4.69) is 5.32 Å². The first-order valence-electron chi connectivity index (χ1n) is 9.87. The maximum atomic E-state index is 12.1. The van der Waals surface area contributed by atoms with E-state index in [1.165, 1.54) is 0 Å². The van der Waals surface area contributed by atoms with Crippen LogP contribution in [0.5, 0.6) is 5.75 Å². The zero-order chi connectivity index (χ0) is 22.7. The highest BCUT2D eigenvalue weighted by Gasteiger charge is 2.21. The second kappa shape index (κ2) is 12.3. The minimum absolute atomic E-state index is 0.0781. The number of hydrogen-bond acceptors (Lipinski definition) is 5. The van der Waals surface area contributed by atoms with Crippen LogP contribution in [-0.2, 0) is 20.7 Å². The topological polar surface area (TPSA) is 128 Å². The maximum absolute atomic E-state index is 12.1. The van der Waals surface area contributed by atoms with Crippen molar-refractivity contribution < 1.29 is 29.0 Å². The molecule has 1 aromatic rings. The van der Waals surface area contributed by atoms with Crippen molar-refractivity contribution in [3.05, 3.63) is 28.8 Å². The van der Waals surface area contributed by atoms with Gasteiger partial charge in [0.2, 0.25) is 5.91 Å². The second-order valence-electron chi connectivity index (χ2n) is 7.99. The van der Waals surface area contributed by atoms with E-state index in [0.29, 0.717) is 36.5 Å². The summed E-state index contributed by atoms with van der Waals surface area (Å²) in [7, 11) is 0. The van der Waals surface area contributed by atoms with Gasteiger partial charge in [-0.25, -0.2) is 4.79 Å². The highest BCUT2D eigenvalue weighted by molar-refractivity contribution is 6.32. The van der Waals surface area contributed by atoms with Gasteiger partial charge in [0.25, 0.3) is 0 Å². The Morgan fingerprint density at radius 2 is 1.90 bits per heavy atom. The van der Waals surface area contributed by atoms with E-state index in [9.17, 15) is 14.4 Å². The van der Waals surface area contributed by atoms with E-state index in [1.807, 2.05) is 6.07 Å². The third-order valence-electron chi connectivity index (χ3n) is 4.03. The molecular weight excluding hydrogens is 412 g/mol. The van der Waals surface area contributed by atoms with Crippen LogP contribution in [-0.4, -0.2) is 41.3 Å². The van der Waals surface area contributed by atoms with Crippen LogP contribution in [0.4, 0.5) is 4.79 Å². The average molecular weight is 443 g/mol. The summed E-state index contributed by atoms with van der Waals surface area (Å²) in [6, 6.07) is 4.87. The van der Waals surface area contributed by atoms with Gasteiger partial charge >= 0.3 is 12.1 Å². The Morgan fingerprint density at radius 3 is 2.50 bits per heavy atom. The van der Waals surface area contributed by atoms with Crippen LogP contribution in [0, 0.1) is 0 Å². The lowest BCUT2D eigenvalue weighted by Gasteiger charge is -2.24. The number of nitrogens with one attached hydrogen (secondary N) is 1. The van der Waals surface area contributed by atoms with Crippen molar-refractivity contribution >= 4 is 29.6 Å². The fourth-order valence-electron chi connectivity index (χ4n) is 2.63. The molecule has 0 fully saturated rings. The summed E-state index contributed by atoms with van der Waals surface area (Å²) >= 11 is 6.43. The van der Waals surface area contributed by atoms with E-state index in [0.717, 1.165) is 5.56 Å². The quantitative estimate of drug-likeness (QED) is 0.423. The van der Waals surface area contributed by atoms with Crippen molar-refractivity contribution in [1.29, 1.82) is 0 Å². The van der Waals surface area contributed by atoms with Crippen molar-refractivity contribution in [2.45, 2.75) is 70.9 Å². The van der Waals surface area contributed by atoms with E-state index in [1.54, 1.807) is 32.9 Å². The summed E-state index contributed by atoms with van der Waals surface area (Å²) in [5, 5.41) is 11.9. The molecule has 0 aromatic heterocycles.